The Bertz CT molecular complexity index is 1860. The van der Waals surface area contributed by atoms with Gasteiger partial charge in [0.05, 0.1) is 35.6 Å². The summed E-state index contributed by atoms with van der Waals surface area (Å²) in [4.78, 5) is 81.8. The Hall–Kier alpha value is -4.64. The molecule has 4 aliphatic rings. The van der Waals surface area contributed by atoms with Crippen LogP contribution in [-0.4, -0.2) is 112 Å². The number of Topliss-reactive ketones (excluding diaryl/α,β-unsaturated/α-hetero) is 1. The van der Waals surface area contributed by atoms with Crippen molar-refractivity contribution >= 4 is 35.8 Å². The van der Waals surface area contributed by atoms with Gasteiger partial charge in [0.15, 0.2) is 17.5 Å². The highest BCUT2D eigenvalue weighted by atomic mass is 16.6. The van der Waals surface area contributed by atoms with E-state index >= 15 is 4.79 Å². The van der Waals surface area contributed by atoms with Gasteiger partial charge in [0, 0.05) is 38.0 Å². The smallest absolute Gasteiger partial charge is 0.407 e. The number of esters is 4. The average molecular weight is 814 g/mol. The molecule has 2 unspecified atom stereocenters. The highest BCUT2D eigenvalue weighted by Crippen LogP contribution is 2.65. The molecule has 3 aliphatic carbocycles. The number of aliphatic hydroxyl groups is 3. The second kappa shape index (κ2) is 16.5. The second-order valence-electron chi connectivity index (χ2n) is 16.8. The van der Waals surface area contributed by atoms with E-state index in [4.69, 9.17) is 28.4 Å². The zero-order valence-corrected chi connectivity index (χ0v) is 34.3. The van der Waals surface area contributed by atoms with Crippen molar-refractivity contribution in [2.45, 2.75) is 123 Å². The Morgan fingerprint density at radius 1 is 1.03 bits per heavy atom. The molecule has 1 saturated heterocycles. The molecule has 0 radical (unpaired) electrons. The number of carbonyl (C=O) groups is 6. The van der Waals surface area contributed by atoms with Crippen LogP contribution in [0.1, 0.15) is 85.5 Å². The normalized spacial score (nSPS) is 33.6. The third kappa shape index (κ3) is 7.55. The van der Waals surface area contributed by atoms with Gasteiger partial charge in [0.25, 0.3) is 0 Å². The predicted molar refractivity (Wildman–Crippen MR) is 202 cm³/mol. The molecular formula is C42H55NO15. The van der Waals surface area contributed by atoms with E-state index in [0.717, 1.165) is 13.8 Å². The van der Waals surface area contributed by atoms with E-state index in [9.17, 15) is 39.3 Å². The van der Waals surface area contributed by atoms with E-state index in [-0.39, 0.29) is 30.8 Å². The van der Waals surface area contributed by atoms with Gasteiger partial charge in [-0.1, -0.05) is 65.0 Å². The number of amides is 1. The molecule has 5 rings (SSSR count). The maximum Gasteiger partial charge on any atom is 0.407 e. The van der Waals surface area contributed by atoms with Gasteiger partial charge < -0.3 is 49.1 Å². The lowest BCUT2D eigenvalue weighted by atomic mass is 9.45. The maximum atomic E-state index is 15.3. The zero-order valence-electron chi connectivity index (χ0n) is 34.3. The summed E-state index contributed by atoms with van der Waals surface area (Å²) in [7, 11) is 0. The molecule has 16 heteroatoms. The first-order valence-corrected chi connectivity index (χ1v) is 19.5. The highest BCUT2D eigenvalue weighted by molar-refractivity contribution is 6.02. The molecule has 11 atom stereocenters. The number of fused-ring (bicyclic) bond motifs is 5. The number of aliphatic hydroxyl groups excluding tert-OH is 2. The number of hydrogen-bond donors (Lipinski definition) is 4. The number of ether oxygens (including phenoxy) is 6. The van der Waals surface area contributed by atoms with Gasteiger partial charge in [-0.25, -0.2) is 14.4 Å². The molecule has 0 aromatic heterocycles. The van der Waals surface area contributed by atoms with Gasteiger partial charge >= 0.3 is 30.0 Å². The van der Waals surface area contributed by atoms with Gasteiger partial charge in [0.1, 0.15) is 30.5 Å². The summed E-state index contributed by atoms with van der Waals surface area (Å²) in [6, 6.07) is 6.63. The van der Waals surface area contributed by atoms with E-state index in [2.05, 4.69) is 5.32 Å². The summed E-state index contributed by atoms with van der Waals surface area (Å²) >= 11 is 0. The number of nitrogens with one attached hydrogen (secondary N) is 1. The maximum absolute atomic E-state index is 15.3. The van der Waals surface area contributed by atoms with Crippen LogP contribution in [0.5, 0.6) is 0 Å². The molecule has 1 amide bonds. The minimum absolute atomic E-state index is 0.000912. The Kier molecular flexibility index (Phi) is 12.7. The summed E-state index contributed by atoms with van der Waals surface area (Å²) < 4.78 is 35.0. The zero-order chi connectivity index (χ0) is 43.1. The van der Waals surface area contributed by atoms with Crippen LogP contribution in [0.2, 0.25) is 0 Å². The molecule has 2 bridgehead atoms. The first-order valence-electron chi connectivity index (χ1n) is 19.5. The van der Waals surface area contributed by atoms with Crippen LogP contribution < -0.4 is 5.32 Å². The molecule has 1 heterocycles. The lowest BCUT2D eigenvalue weighted by Gasteiger charge is -2.67. The van der Waals surface area contributed by atoms with Crippen LogP contribution in [0.4, 0.5) is 4.79 Å². The first kappa shape index (κ1) is 44.5. The van der Waals surface area contributed by atoms with Crippen LogP contribution in [-0.2, 0) is 47.6 Å². The van der Waals surface area contributed by atoms with Gasteiger partial charge in [-0.2, -0.15) is 0 Å². The number of benzene rings is 1. The second-order valence-corrected chi connectivity index (χ2v) is 16.8. The van der Waals surface area contributed by atoms with Crippen molar-refractivity contribution < 1.29 is 72.5 Å². The number of rotatable bonds is 11. The Morgan fingerprint density at radius 3 is 2.24 bits per heavy atom. The van der Waals surface area contributed by atoms with E-state index in [0.29, 0.717) is 0 Å². The van der Waals surface area contributed by atoms with Crippen molar-refractivity contribution in [3.05, 3.63) is 59.4 Å². The minimum atomic E-state index is -2.37. The molecule has 1 aromatic rings. The first-order chi connectivity index (χ1) is 27.1. The van der Waals surface area contributed by atoms with Crippen LogP contribution >= 0.6 is 0 Å². The number of alkyl carbamates (subject to hydrolysis) is 1. The van der Waals surface area contributed by atoms with E-state index in [1.807, 2.05) is 0 Å². The van der Waals surface area contributed by atoms with Gasteiger partial charge in [-0.15, -0.1) is 0 Å². The number of hydrogen-bond acceptors (Lipinski definition) is 15. The van der Waals surface area contributed by atoms with Gasteiger partial charge in [-0.3, -0.25) is 14.4 Å². The summed E-state index contributed by atoms with van der Waals surface area (Å²) in [5.41, 5.74) is -7.78. The Balaban J connectivity index is 1.72. The third-order valence-corrected chi connectivity index (χ3v) is 12.6. The van der Waals surface area contributed by atoms with Crippen LogP contribution in [0.15, 0.2) is 53.8 Å². The fraction of sp³-hybridized carbons (Fsp3) is 0.619. The van der Waals surface area contributed by atoms with E-state index < -0.39 is 124 Å². The molecule has 0 spiro atoms. The molecule has 4 N–H and O–H groups in total. The number of ketones is 1. The third-order valence-electron chi connectivity index (χ3n) is 12.6. The predicted octanol–water partition coefficient (Wildman–Crippen LogP) is 3.10. The van der Waals surface area contributed by atoms with Crippen molar-refractivity contribution in [1.29, 1.82) is 0 Å². The SMILES string of the molecule is CC=CCOC(=O)N[C@@H](C(C)C)[C@@H](O)C(=O)OC1C[C@@]2(O)[C@@H](OC(=O)c3ccccc3)[C@@H]3[C@]4(OC(C)=O)CO[C@@H]4C[C@H](O)[C@@]3(C)C(=O)C(OC(C)=O)=C(C1C)C2(C)C. The largest absolute Gasteiger partial charge is 0.460 e. The van der Waals surface area contributed by atoms with Crippen molar-refractivity contribution in [3.63, 3.8) is 0 Å². The molecule has 318 valence electrons. The minimum Gasteiger partial charge on any atom is -0.460 e. The lowest BCUT2D eigenvalue weighted by molar-refractivity contribution is -0.345. The quantitative estimate of drug-likeness (QED) is 0.143. The van der Waals surface area contributed by atoms with E-state index in [1.54, 1.807) is 71.9 Å². The topological polar surface area (TPSA) is 231 Å². The van der Waals surface area contributed by atoms with Crippen molar-refractivity contribution in [2.75, 3.05) is 13.2 Å². The summed E-state index contributed by atoms with van der Waals surface area (Å²) in [5, 5.41) is 39.4. The summed E-state index contributed by atoms with van der Waals surface area (Å²) in [5.74, 6) is -8.37. The van der Waals surface area contributed by atoms with Crippen LogP contribution in [0.3, 0.4) is 0 Å². The summed E-state index contributed by atoms with van der Waals surface area (Å²) in [6.07, 6.45) is -6.11. The molecule has 3 fully saturated rings. The fourth-order valence-corrected chi connectivity index (χ4v) is 9.39. The Morgan fingerprint density at radius 2 is 1.69 bits per heavy atom. The standard InChI is InChI=1S/C42H55NO15/c1-10-11-17-53-38(51)43-30(21(2)3)31(47)37(50)56-26-19-42(52)35(57-36(49)25-15-13-12-14-16-25)33-40(9,27(46)18-28-41(33,20-54-28)58-24(6)45)34(48)32(55-23(5)44)29(22(26)4)39(42,7)8/h10-16,21-22,26-28,30-31,33,35,46-47,52H,17-20H2,1-9H3,(H,43,51)/t22?,26?,27-,28+,30-,31+,33-,35-,40+,41-,42+/m0/s1. The monoisotopic (exact) mass is 813 g/mol. The van der Waals surface area contributed by atoms with Crippen LogP contribution in [0.25, 0.3) is 0 Å². The Labute approximate surface area is 337 Å². The molecular weight excluding hydrogens is 758 g/mol. The molecule has 1 aliphatic heterocycles. The van der Waals surface area contributed by atoms with Crippen LogP contribution in [0, 0.1) is 28.6 Å². The lowest BCUT2D eigenvalue weighted by Crippen LogP contribution is -2.81. The molecule has 16 nitrogen and oxygen atoms in total. The summed E-state index contributed by atoms with van der Waals surface area (Å²) in [6.45, 7) is 13.0. The number of carbonyl (C=O) groups excluding carboxylic acids is 6. The van der Waals surface area contributed by atoms with Gasteiger partial charge in [0.2, 0.25) is 5.78 Å². The number of allylic oxidation sites excluding steroid dienone is 2. The molecule has 1 aromatic carbocycles. The molecule has 2 saturated carbocycles. The van der Waals surface area contributed by atoms with Crippen molar-refractivity contribution in [2.24, 2.45) is 28.6 Å². The highest BCUT2D eigenvalue weighted by Gasteiger charge is 2.78. The molecule has 58 heavy (non-hydrogen) atoms. The van der Waals surface area contributed by atoms with Crippen molar-refractivity contribution in [3.8, 4) is 0 Å². The van der Waals surface area contributed by atoms with E-state index in [1.165, 1.54) is 19.1 Å². The van der Waals surface area contributed by atoms with Gasteiger partial charge in [-0.05, 0) is 37.5 Å². The van der Waals surface area contributed by atoms with Crippen molar-refractivity contribution in [1.82, 2.24) is 5.32 Å². The fourth-order valence-electron chi connectivity index (χ4n) is 9.39. The average Bonchev–Trinajstić information content (AvgIpc) is 3.14.